The van der Waals surface area contributed by atoms with Crippen LogP contribution >= 0.6 is 23.2 Å². The predicted molar refractivity (Wildman–Crippen MR) is 85.1 cm³/mol. The molecule has 0 saturated heterocycles. The van der Waals surface area contributed by atoms with E-state index in [9.17, 15) is 0 Å². The maximum absolute atomic E-state index is 6.12. The van der Waals surface area contributed by atoms with Crippen molar-refractivity contribution in [2.45, 2.75) is 13.0 Å². The smallest absolute Gasteiger partial charge is 0.145 e. The molecule has 1 aromatic heterocycles. The SMILES string of the molecule is CC(NCC1=Cc2cc(Cl)cc(Cl)c2OC1)c1ccco1. The number of nitrogens with one attached hydrogen (secondary N) is 1. The van der Waals surface area contributed by atoms with Crippen LogP contribution in [0.4, 0.5) is 0 Å². The van der Waals surface area contributed by atoms with Crippen molar-refractivity contribution in [2.24, 2.45) is 0 Å². The van der Waals surface area contributed by atoms with Crippen LogP contribution in [0.2, 0.25) is 10.0 Å². The van der Waals surface area contributed by atoms with E-state index in [0.717, 1.165) is 16.9 Å². The Kier molecular flexibility index (Phi) is 4.24. The van der Waals surface area contributed by atoms with Crippen molar-refractivity contribution in [1.29, 1.82) is 0 Å². The van der Waals surface area contributed by atoms with Gasteiger partial charge in [0.25, 0.3) is 0 Å². The van der Waals surface area contributed by atoms with Crippen molar-refractivity contribution in [3.63, 3.8) is 0 Å². The maximum Gasteiger partial charge on any atom is 0.145 e. The Morgan fingerprint density at radius 3 is 2.95 bits per heavy atom. The van der Waals surface area contributed by atoms with Crippen molar-refractivity contribution < 1.29 is 9.15 Å². The van der Waals surface area contributed by atoms with E-state index in [1.807, 2.05) is 18.2 Å². The Labute approximate surface area is 133 Å². The molecule has 0 spiro atoms. The minimum atomic E-state index is 0.144. The molecule has 0 aliphatic carbocycles. The number of rotatable bonds is 4. The van der Waals surface area contributed by atoms with Crippen molar-refractivity contribution in [3.05, 3.63) is 57.5 Å². The summed E-state index contributed by atoms with van der Waals surface area (Å²) in [6.45, 7) is 3.29. The first kappa shape index (κ1) is 14.5. The lowest BCUT2D eigenvalue weighted by Gasteiger charge is -2.21. The summed E-state index contributed by atoms with van der Waals surface area (Å²) in [5.41, 5.74) is 2.06. The van der Waals surface area contributed by atoms with Gasteiger partial charge in [0.15, 0.2) is 0 Å². The lowest BCUT2D eigenvalue weighted by Crippen LogP contribution is -2.24. The van der Waals surface area contributed by atoms with Gasteiger partial charge in [-0.05, 0) is 42.8 Å². The number of hydrogen-bond acceptors (Lipinski definition) is 3. The van der Waals surface area contributed by atoms with Gasteiger partial charge in [0.1, 0.15) is 18.1 Å². The molecule has 0 fully saturated rings. The monoisotopic (exact) mass is 323 g/mol. The van der Waals surface area contributed by atoms with Crippen molar-refractivity contribution >= 4 is 29.3 Å². The molecule has 1 aliphatic rings. The second-order valence-corrected chi connectivity index (χ2v) is 5.86. The molecule has 2 heterocycles. The van der Waals surface area contributed by atoms with E-state index in [-0.39, 0.29) is 6.04 Å². The molecule has 1 aromatic carbocycles. The quantitative estimate of drug-likeness (QED) is 0.884. The molecule has 2 aromatic rings. The van der Waals surface area contributed by atoms with Crippen LogP contribution in [0.5, 0.6) is 5.75 Å². The average molecular weight is 324 g/mol. The highest BCUT2D eigenvalue weighted by Gasteiger charge is 2.16. The molecule has 3 rings (SSSR count). The van der Waals surface area contributed by atoms with Gasteiger partial charge in [-0.25, -0.2) is 0 Å². The molecule has 0 saturated carbocycles. The fourth-order valence-corrected chi connectivity index (χ4v) is 2.85. The van der Waals surface area contributed by atoms with Gasteiger partial charge in [-0.2, -0.15) is 0 Å². The van der Waals surface area contributed by atoms with Gasteiger partial charge in [-0.1, -0.05) is 23.2 Å². The largest absolute Gasteiger partial charge is 0.487 e. The van der Waals surface area contributed by atoms with Crippen LogP contribution in [0.1, 0.15) is 24.3 Å². The maximum atomic E-state index is 6.12. The first-order valence-corrected chi connectivity index (χ1v) is 7.47. The molecule has 110 valence electrons. The van der Waals surface area contributed by atoms with Gasteiger partial charge in [0, 0.05) is 17.1 Å². The van der Waals surface area contributed by atoms with Crippen LogP contribution in [-0.4, -0.2) is 13.2 Å². The van der Waals surface area contributed by atoms with E-state index >= 15 is 0 Å². The van der Waals surface area contributed by atoms with E-state index in [1.54, 1.807) is 12.3 Å². The molecule has 1 aliphatic heterocycles. The first-order valence-electron chi connectivity index (χ1n) is 6.71. The van der Waals surface area contributed by atoms with Crippen LogP contribution in [0.15, 0.2) is 40.5 Å². The minimum absolute atomic E-state index is 0.144. The molecule has 1 atom stereocenters. The summed E-state index contributed by atoms with van der Waals surface area (Å²) in [6.07, 6.45) is 3.75. The van der Waals surface area contributed by atoms with Crippen LogP contribution in [0.25, 0.3) is 6.08 Å². The van der Waals surface area contributed by atoms with E-state index < -0.39 is 0 Å². The standard InChI is InChI=1S/C16H15Cl2NO2/c1-10(15-3-2-4-20-15)19-8-11-5-12-6-13(17)7-14(18)16(12)21-9-11/h2-7,10,19H,8-9H2,1H3. The van der Waals surface area contributed by atoms with Crippen molar-refractivity contribution in [1.82, 2.24) is 5.32 Å². The van der Waals surface area contributed by atoms with Crippen LogP contribution in [0.3, 0.4) is 0 Å². The molecular weight excluding hydrogens is 309 g/mol. The second-order valence-electron chi connectivity index (χ2n) is 5.02. The summed E-state index contributed by atoms with van der Waals surface area (Å²) in [6, 6.07) is 7.54. The summed E-state index contributed by atoms with van der Waals surface area (Å²) in [4.78, 5) is 0. The van der Waals surface area contributed by atoms with Gasteiger partial charge in [0.05, 0.1) is 17.3 Å². The van der Waals surface area contributed by atoms with Crippen LogP contribution in [-0.2, 0) is 0 Å². The number of ether oxygens (including phenoxy) is 1. The zero-order chi connectivity index (χ0) is 14.8. The number of furan rings is 1. The highest BCUT2D eigenvalue weighted by molar-refractivity contribution is 6.36. The van der Waals surface area contributed by atoms with Crippen LogP contribution in [0, 0.1) is 0 Å². The van der Waals surface area contributed by atoms with Crippen molar-refractivity contribution in [3.8, 4) is 5.75 Å². The Balaban J connectivity index is 1.71. The molecule has 1 unspecified atom stereocenters. The van der Waals surface area contributed by atoms with E-state index in [4.69, 9.17) is 32.4 Å². The third-order valence-electron chi connectivity index (χ3n) is 3.40. The molecule has 0 amide bonds. The van der Waals surface area contributed by atoms with Gasteiger partial charge in [-0.3, -0.25) is 0 Å². The van der Waals surface area contributed by atoms with Gasteiger partial charge >= 0.3 is 0 Å². The summed E-state index contributed by atoms with van der Waals surface area (Å²) in [7, 11) is 0. The second kappa shape index (κ2) is 6.14. The summed E-state index contributed by atoms with van der Waals surface area (Å²) >= 11 is 12.2. The summed E-state index contributed by atoms with van der Waals surface area (Å²) < 4.78 is 11.1. The lowest BCUT2D eigenvalue weighted by atomic mass is 10.1. The number of benzene rings is 1. The molecule has 1 N–H and O–H groups in total. The molecule has 21 heavy (non-hydrogen) atoms. The summed E-state index contributed by atoms with van der Waals surface area (Å²) in [5, 5.41) is 4.56. The van der Waals surface area contributed by atoms with Crippen LogP contribution < -0.4 is 10.1 Å². The van der Waals surface area contributed by atoms with E-state index in [2.05, 4.69) is 18.3 Å². The third kappa shape index (κ3) is 3.26. The van der Waals surface area contributed by atoms with Crippen molar-refractivity contribution in [2.75, 3.05) is 13.2 Å². The Hall–Kier alpha value is -1.42. The number of halogens is 2. The minimum Gasteiger partial charge on any atom is -0.487 e. The summed E-state index contributed by atoms with van der Waals surface area (Å²) in [5.74, 6) is 1.61. The molecular formula is C16H15Cl2NO2. The molecule has 5 heteroatoms. The topological polar surface area (TPSA) is 34.4 Å². The van der Waals surface area contributed by atoms with E-state index in [1.165, 1.54) is 0 Å². The predicted octanol–water partition coefficient (Wildman–Crippen LogP) is 4.71. The molecule has 0 radical (unpaired) electrons. The zero-order valence-electron chi connectivity index (χ0n) is 11.5. The molecule has 3 nitrogen and oxygen atoms in total. The van der Waals surface area contributed by atoms with Gasteiger partial charge < -0.3 is 14.5 Å². The average Bonchev–Trinajstić information content (AvgIpc) is 2.98. The normalized spacial score (nSPS) is 15.1. The third-order valence-corrected chi connectivity index (χ3v) is 3.90. The number of hydrogen-bond donors (Lipinski definition) is 1. The lowest BCUT2D eigenvalue weighted by molar-refractivity contribution is 0.340. The van der Waals surface area contributed by atoms with Gasteiger partial charge in [-0.15, -0.1) is 0 Å². The number of fused-ring (bicyclic) bond motifs is 1. The zero-order valence-corrected chi connectivity index (χ0v) is 13.0. The highest BCUT2D eigenvalue weighted by Crippen LogP contribution is 2.36. The van der Waals surface area contributed by atoms with Gasteiger partial charge in [0.2, 0.25) is 0 Å². The first-order chi connectivity index (χ1) is 10.1. The Bertz CT molecular complexity index is 665. The highest BCUT2D eigenvalue weighted by atomic mass is 35.5. The fraction of sp³-hybridized carbons (Fsp3) is 0.250. The molecule has 0 bridgehead atoms. The Morgan fingerprint density at radius 2 is 2.19 bits per heavy atom. The fourth-order valence-electron chi connectivity index (χ4n) is 2.29. The van der Waals surface area contributed by atoms with E-state index in [0.29, 0.717) is 28.9 Å². The Morgan fingerprint density at radius 1 is 1.33 bits per heavy atom.